The monoisotopic (exact) mass is 740 g/mol. The maximum absolute atomic E-state index is 9.56. The Morgan fingerprint density at radius 3 is 1.15 bits per heavy atom. The van der Waals surface area contributed by atoms with E-state index in [-0.39, 0.29) is 25.3 Å². The second kappa shape index (κ2) is 19.1. The maximum atomic E-state index is 9.56. The second-order valence-corrected chi connectivity index (χ2v) is 14.9. The molecule has 0 aliphatic heterocycles. The first-order valence-corrected chi connectivity index (χ1v) is 19.6. The first kappa shape index (κ1) is 39.1. The third-order valence-electron chi connectivity index (χ3n) is 8.12. The van der Waals surface area contributed by atoms with E-state index in [1.807, 2.05) is 86.6 Å². The predicted octanol–water partition coefficient (Wildman–Crippen LogP) is 4.37. The number of nitrogens with zero attached hydrogens (tertiary/aromatic N) is 6. The van der Waals surface area contributed by atoms with Crippen LogP contribution in [0, 0.1) is 0 Å². The van der Waals surface area contributed by atoms with Gasteiger partial charge in [0.25, 0.3) is 0 Å². The Morgan fingerprint density at radius 2 is 0.815 bits per heavy atom. The normalized spacial score (nSPS) is 12.2. The van der Waals surface area contributed by atoms with Crippen molar-refractivity contribution in [1.29, 1.82) is 0 Å². The number of nitrogens with one attached hydrogen (secondary N) is 6. The summed E-state index contributed by atoms with van der Waals surface area (Å²) < 4.78 is 2.42. The number of para-hydroxylation sites is 2. The first-order chi connectivity index (χ1) is 26.2. The van der Waals surface area contributed by atoms with Crippen molar-refractivity contribution in [3.05, 3.63) is 108 Å². The van der Waals surface area contributed by atoms with Crippen molar-refractivity contribution in [2.45, 2.75) is 25.9 Å². The zero-order valence-corrected chi connectivity index (χ0v) is 34.5. The molecule has 2 atom stereocenters. The number of aliphatic hydroxyl groups is 2. The Hall–Kier alpha value is -4.64. The Bertz CT molecular complexity index is 2040. The van der Waals surface area contributed by atoms with Crippen LogP contribution < -0.4 is 37.5 Å². The summed E-state index contributed by atoms with van der Waals surface area (Å²) in [7, 11) is 0. The van der Waals surface area contributed by atoms with E-state index in [0.717, 1.165) is 89.7 Å². The predicted molar refractivity (Wildman–Crippen MR) is 219 cm³/mol. The van der Waals surface area contributed by atoms with E-state index in [0.29, 0.717) is 35.7 Å². The van der Waals surface area contributed by atoms with Crippen LogP contribution in [0.5, 0.6) is 0 Å². The molecule has 0 spiro atoms. The summed E-state index contributed by atoms with van der Waals surface area (Å²) in [6, 6.07) is 31.3. The first-order valence-electron chi connectivity index (χ1n) is 17.6. The Morgan fingerprint density at radius 1 is 0.481 bits per heavy atom. The quantitative estimate of drug-likeness (QED) is 0.0516. The van der Waals surface area contributed by atoms with Gasteiger partial charge in [-0.25, -0.2) is 0 Å². The molecule has 0 bridgehead atoms. The molecule has 8 N–H and O–H groups in total. The van der Waals surface area contributed by atoms with Crippen molar-refractivity contribution in [1.82, 2.24) is 29.9 Å². The molecule has 4 aromatic carbocycles. The molecule has 0 radical (unpaired) electrons. The van der Waals surface area contributed by atoms with E-state index in [1.54, 1.807) is 0 Å². The van der Waals surface area contributed by atoms with E-state index in [9.17, 15) is 10.2 Å². The van der Waals surface area contributed by atoms with Crippen LogP contribution in [-0.2, 0) is 0 Å². The molecule has 6 rings (SSSR count). The molecule has 0 amide bonds. The molecule has 0 saturated carbocycles. The Kier molecular flexibility index (Phi) is 13.8. The third kappa shape index (κ3) is 11.4. The summed E-state index contributed by atoms with van der Waals surface area (Å²) in [5.74, 6) is 2.22. The summed E-state index contributed by atoms with van der Waals surface area (Å²) >= 11 is 1.65. The van der Waals surface area contributed by atoms with Crippen LogP contribution >= 0.6 is 0 Å². The van der Waals surface area contributed by atoms with Crippen molar-refractivity contribution >= 4 is 132 Å². The number of aromatic nitrogens is 6. The van der Waals surface area contributed by atoms with Gasteiger partial charge in [0, 0.05) is 0 Å². The van der Waals surface area contributed by atoms with Gasteiger partial charge >= 0.3 is 351 Å². The number of anilines is 10. The van der Waals surface area contributed by atoms with E-state index in [1.165, 1.54) is 5.63 Å². The van der Waals surface area contributed by atoms with Gasteiger partial charge in [-0.05, 0) is 0 Å². The fraction of sp³-hybridized carbons (Fsp3) is 0.158. The minimum atomic E-state index is -0.230. The van der Waals surface area contributed by atoms with Crippen molar-refractivity contribution in [3.63, 3.8) is 0 Å². The van der Waals surface area contributed by atoms with Crippen LogP contribution in [0.1, 0.15) is 25.0 Å². The average molecular weight is 741 g/mol. The van der Waals surface area contributed by atoms with Gasteiger partial charge < -0.3 is 0 Å². The molecular weight excluding hydrogens is 702 g/mol. The molecule has 6 aromatic rings. The molecule has 264 valence electrons. The topological polar surface area (TPSA) is 190 Å². The zero-order chi connectivity index (χ0) is 37.9. The van der Waals surface area contributed by atoms with Gasteiger partial charge in [-0.3, -0.25) is 0 Å². The van der Waals surface area contributed by atoms with Crippen molar-refractivity contribution < 1.29 is 10.2 Å². The summed E-state index contributed by atoms with van der Waals surface area (Å²) in [4.78, 5) is 27.2. The Labute approximate surface area is 348 Å². The van der Waals surface area contributed by atoms with Crippen LogP contribution in [0.25, 0.3) is 12.2 Å². The van der Waals surface area contributed by atoms with Gasteiger partial charge in [0.1, 0.15) is 0 Å². The van der Waals surface area contributed by atoms with Crippen LogP contribution in [0.4, 0.5) is 58.4 Å². The van der Waals surface area contributed by atoms with E-state index >= 15 is 0 Å². The number of hydrogen-bond donors (Lipinski definition) is 8. The standard InChI is InChI=1S/C38H38N12O2.2Na/c1-25(23-51)39-33-45-35(41-29-9-5-3-6-10-29)49-37(47-33)43-31-19-15-27(16-20-31)13-14-28-17-21-32(22-18-28)44-38-48-34(40-26(2)24-52)46-36(50-38)42-30-11-7-4-8-12-30;;/h3-15,17,19-22,25-26,51-52H,23-24H2,1-2H3,(H3,39,41,43,45,47,49)(H3,40,42,44,46,48,50);;. The molecule has 2 heterocycles. The zero-order valence-electron chi connectivity index (χ0n) is 30.5. The third-order valence-corrected chi connectivity index (χ3v) is 9.86. The van der Waals surface area contributed by atoms with Gasteiger partial charge in [-0.2, -0.15) is 0 Å². The SMILES string of the molecule is CC(CO)Nc1nc(Nc2ccccc2)nc(Nc2ccc(C=Cc3ccc(Nc4nc(Nc5ccccc5)nc(NC(C)CO)n4)c[c]3[Na])[c]([Na])c2)n1. The molecule has 2 aromatic heterocycles. The van der Waals surface area contributed by atoms with Gasteiger partial charge in [-0.15, -0.1) is 0 Å². The second-order valence-electron chi connectivity index (χ2n) is 12.8. The van der Waals surface area contributed by atoms with Crippen molar-refractivity contribution in [2.75, 3.05) is 45.1 Å². The molecule has 2 unspecified atom stereocenters. The fourth-order valence-corrected chi connectivity index (χ4v) is 6.55. The molecule has 14 nitrogen and oxygen atoms in total. The Balaban J connectivity index is 1.15. The summed E-state index contributed by atoms with van der Waals surface area (Å²) in [6.07, 6.45) is 4.29. The fourth-order valence-electron chi connectivity index (χ4n) is 5.26. The van der Waals surface area contributed by atoms with Gasteiger partial charge in [0.15, 0.2) is 0 Å². The van der Waals surface area contributed by atoms with Gasteiger partial charge in [-0.1, -0.05) is 0 Å². The molecule has 16 heteroatoms. The van der Waals surface area contributed by atoms with Crippen molar-refractivity contribution in [3.8, 4) is 0 Å². The van der Waals surface area contributed by atoms with E-state index in [2.05, 4.69) is 98.2 Å². The van der Waals surface area contributed by atoms with E-state index < -0.39 is 0 Å². The van der Waals surface area contributed by atoms with Crippen molar-refractivity contribution in [2.24, 2.45) is 0 Å². The molecular formula is C38H38N12Na2O2. The summed E-state index contributed by atoms with van der Waals surface area (Å²) in [5.41, 5.74) is 5.69. The molecule has 0 aliphatic carbocycles. The molecule has 0 saturated heterocycles. The summed E-state index contributed by atoms with van der Waals surface area (Å²) in [6.45, 7) is 3.59. The number of benzene rings is 4. The van der Waals surface area contributed by atoms with Gasteiger partial charge in [0.2, 0.25) is 0 Å². The van der Waals surface area contributed by atoms with Gasteiger partial charge in [0.05, 0.1) is 0 Å². The number of hydrogen-bond acceptors (Lipinski definition) is 14. The van der Waals surface area contributed by atoms with Crippen LogP contribution in [-0.4, -0.2) is 121 Å². The van der Waals surface area contributed by atoms with Crippen LogP contribution in [0.3, 0.4) is 0 Å². The molecule has 54 heavy (non-hydrogen) atoms. The van der Waals surface area contributed by atoms with Crippen LogP contribution in [0.2, 0.25) is 0 Å². The summed E-state index contributed by atoms with van der Waals surface area (Å²) in [5, 5.41) is 38.5. The average Bonchev–Trinajstić information content (AvgIpc) is 3.15. The number of rotatable bonds is 16. The van der Waals surface area contributed by atoms with E-state index in [4.69, 9.17) is 0 Å². The molecule has 0 fully saturated rings. The minimum absolute atomic E-state index is 0.0584. The molecule has 0 aliphatic rings. The van der Waals surface area contributed by atoms with Crippen LogP contribution in [0.15, 0.2) is 97.1 Å². The number of aliphatic hydroxyl groups excluding tert-OH is 2.